The molecule has 2 heterocycles. The van der Waals surface area contributed by atoms with Gasteiger partial charge in [0, 0.05) is 27.4 Å². The molecule has 0 fully saturated rings. The molecule has 1 aromatic heterocycles. The van der Waals surface area contributed by atoms with Gasteiger partial charge in [-0.15, -0.1) is 11.3 Å². The number of quaternary nitrogens is 1. The quantitative estimate of drug-likeness (QED) is 0.850. The van der Waals surface area contributed by atoms with Crippen molar-refractivity contribution in [2.24, 2.45) is 0 Å². The molecule has 88 valence electrons. The van der Waals surface area contributed by atoms with E-state index in [1.807, 2.05) is 23.5 Å². The maximum atomic E-state index is 6.21. The van der Waals surface area contributed by atoms with E-state index in [0.29, 0.717) is 0 Å². The molecule has 1 aliphatic heterocycles. The highest BCUT2D eigenvalue weighted by Gasteiger charge is 2.20. The second-order valence-electron chi connectivity index (χ2n) is 4.56. The van der Waals surface area contributed by atoms with Gasteiger partial charge in [-0.25, -0.2) is 0 Å². The second-order valence-corrected chi connectivity index (χ2v) is 5.97. The van der Waals surface area contributed by atoms with Crippen molar-refractivity contribution in [2.75, 3.05) is 6.54 Å². The lowest BCUT2D eigenvalue weighted by atomic mass is 10.1. The molecule has 2 aromatic rings. The van der Waals surface area contributed by atoms with Gasteiger partial charge in [-0.1, -0.05) is 29.8 Å². The van der Waals surface area contributed by atoms with E-state index in [2.05, 4.69) is 23.6 Å². The Kier molecular flexibility index (Phi) is 3.19. The highest BCUT2D eigenvalue weighted by Crippen LogP contribution is 2.19. The van der Waals surface area contributed by atoms with Gasteiger partial charge in [0.05, 0.1) is 6.54 Å². The zero-order valence-electron chi connectivity index (χ0n) is 9.58. The van der Waals surface area contributed by atoms with Gasteiger partial charge in [0.1, 0.15) is 13.1 Å². The molecular weight excluding hydrogens is 250 g/mol. The third-order valence-corrected chi connectivity index (χ3v) is 4.77. The summed E-state index contributed by atoms with van der Waals surface area (Å²) in [6.07, 6.45) is 1.22. The van der Waals surface area contributed by atoms with Gasteiger partial charge in [0.25, 0.3) is 0 Å². The maximum absolute atomic E-state index is 6.21. The van der Waals surface area contributed by atoms with Gasteiger partial charge in [-0.05, 0) is 17.5 Å². The van der Waals surface area contributed by atoms with Crippen LogP contribution in [0.2, 0.25) is 5.02 Å². The monoisotopic (exact) mass is 264 g/mol. The molecule has 1 nitrogen and oxygen atoms in total. The van der Waals surface area contributed by atoms with Crippen molar-refractivity contribution in [3.8, 4) is 0 Å². The molecular formula is C14H15ClNS+. The molecule has 3 rings (SSSR count). The Bertz CT molecular complexity index is 520. The standard InChI is InChI=1S/C14H14ClNS/c15-13-4-2-1-3-11(13)9-16-7-5-14-12(10-16)6-8-17-14/h1-4,6,8H,5,7,9-10H2/p+1. The molecule has 17 heavy (non-hydrogen) atoms. The van der Waals surface area contributed by atoms with Crippen LogP contribution in [-0.2, 0) is 19.5 Å². The number of hydrogen-bond acceptors (Lipinski definition) is 1. The van der Waals surface area contributed by atoms with Crippen molar-refractivity contribution in [3.05, 3.63) is 56.7 Å². The van der Waals surface area contributed by atoms with E-state index in [9.17, 15) is 0 Å². The summed E-state index contributed by atoms with van der Waals surface area (Å²) in [7, 11) is 0. The molecule has 0 bridgehead atoms. The zero-order valence-corrected chi connectivity index (χ0v) is 11.2. The molecule has 1 aromatic carbocycles. The number of rotatable bonds is 2. The Hall–Kier alpha value is -0.830. The maximum Gasteiger partial charge on any atom is 0.105 e. The summed E-state index contributed by atoms with van der Waals surface area (Å²) in [5, 5.41) is 3.11. The minimum atomic E-state index is 0.899. The van der Waals surface area contributed by atoms with Crippen LogP contribution in [0.3, 0.4) is 0 Å². The van der Waals surface area contributed by atoms with E-state index in [1.165, 1.54) is 24.1 Å². The van der Waals surface area contributed by atoms with Crippen LogP contribution in [0.5, 0.6) is 0 Å². The van der Waals surface area contributed by atoms with Crippen LogP contribution in [0.25, 0.3) is 0 Å². The smallest absolute Gasteiger partial charge is 0.105 e. The first-order valence-corrected chi connectivity index (χ1v) is 7.21. The fourth-order valence-corrected chi connectivity index (χ4v) is 3.56. The van der Waals surface area contributed by atoms with Gasteiger partial charge in [0.15, 0.2) is 0 Å². The average Bonchev–Trinajstić information content (AvgIpc) is 2.79. The Balaban J connectivity index is 1.74. The Morgan fingerprint density at radius 2 is 2.12 bits per heavy atom. The molecule has 1 atom stereocenters. The Morgan fingerprint density at radius 1 is 1.24 bits per heavy atom. The van der Waals surface area contributed by atoms with Crippen LogP contribution >= 0.6 is 22.9 Å². The van der Waals surface area contributed by atoms with Gasteiger partial charge in [-0.2, -0.15) is 0 Å². The number of hydrogen-bond donors (Lipinski definition) is 1. The second kappa shape index (κ2) is 4.81. The van der Waals surface area contributed by atoms with Crippen LogP contribution in [-0.4, -0.2) is 6.54 Å². The topological polar surface area (TPSA) is 4.44 Å². The van der Waals surface area contributed by atoms with E-state index in [4.69, 9.17) is 11.6 Å². The van der Waals surface area contributed by atoms with Crippen LogP contribution in [0.4, 0.5) is 0 Å². The minimum Gasteiger partial charge on any atom is -0.327 e. The molecule has 0 amide bonds. The first kappa shape index (κ1) is 11.3. The SMILES string of the molecule is Clc1ccccc1C[NH+]1CCc2sccc2C1. The van der Waals surface area contributed by atoms with Crippen molar-refractivity contribution in [2.45, 2.75) is 19.5 Å². The van der Waals surface area contributed by atoms with Gasteiger partial charge < -0.3 is 4.90 Å². The third-order valence-electron chi connectivity index (χ3n) is 3.38. The van der Waals surface area contributed by atoms with E-state index < -0.39 is 0 Å². The molecule has 0 spiro atoms. The predicted octanol–water partition coefficient (Wildman–Crippen LogP) is 2.54. The van der Waals surface area contributed by atoms with Gasteiger partial charge in [0.2, 0.25) is 0 Å². The van der Waals surface area contributed by atoms with Crippen molar-refractivity contribution in [1.29, 1.82) is 0 Å². The summed E-state index contributed by atoms with van der Waals surface area (Å²) in [4.78, 5) is 3.19. The van der Waals surface area contributed by atoms with Gasteiger partial charge in [-0.3, -0.25) is 0 Å². The van der Waals surface area contributed by atoms with Crippen molar-refractivity contribution in [1.82, 2.24) is 0 Å². The van der Waals surface area contributed by atoms with Crippen molar-refractivity contribution < 1.29 is 4.90 Å². The van der Waals surface area contributed by atoms with E-state index in [0.717, 1.165) is 18.1 Å². The first-order chi connectivity index (χ1) is 8.33. The first-order valence-electron chi connectivity index (χ1n) is 5.95. The highest BCUT2D eigenvalue weighted by atomic mass is 35.5. The van der Waals surface area contributed by atoms with Gasteiger partial charge >= 0.3 is 0 Å². The van der Waals surface area contributed by atoms with E-state index in [1.54, 1.807) is 9.78 Å². The Morgan fingerprint density at radius 3 is 3.00 bits per heavy atom. The highest BCUT2D eigenvalue weighted by molar-refractivity contribution is 7.10. The zero-order chi connectivity index (χ0) is 11.7. The minimum absolute atomic E-state index is 0.899. The molecule has 1 unspecified atom stereocenters. The molecule has 0 saturated carbocycles. The molecule has 0 saturated heterocycles. The number of halogens is 1. The fraction of sp³-hybridized carbons (Fsp3) is 0.286. The number of benzene rings is 1. The van der Waals surface area contributed by atoms with Crippen LogP contribution in [0, 0.1) is 0 Å². The van der Waals surface area contributed by atoms with Crippen LogP contribution in [0.1, 0.15) is 16.0 Å². The molecule has 3 heteroatoms. The fourth-order valence-electron chi connectivity index (χ4n) is 2.45. The number of thiophene rings is 1. The summed E-state index contributed by atoms with van der Waals surface area (Å²) in [5.74, 6) is 0. The molecule has 1 N–H and O–H groups in total. The van der Waals surface area contributed by atoms with Crippen LogP contribution < -0.4 is 4.90 Å². The molecule has 1 aliphatic rings. The average molecular weight is 265 g/mol. The van der Waals surface area contributed by atoms with E-state index >= 15 is 0 Å². The third kappa shape index (κ3) is 2.39. The normalized spacial score (nSPS) is 19.0. The lowest BCUT2D eigenvalue weighted by molar-refractivity contribution is -0.929. The lowest BCUT2D eigenvalue weighted by Gasteiger charge is -2.24. The summed E-state index contributed by atoms with van der Waals surface area (Å²) >= 11 is 8.11. The summed E-state index contributed by atoms with van der Waals surface area (Å²) in [5.41, 5.74) is 2.80. The summed E-state index contributed by atoms with van der Waals surface area (Å²) in [6.45, 7) is 3.40. The predicted molar refractivity (Wildman–Crippen MR) is 72.7 cm³/mol. The lowest BCUT2D eigenvalue weighted by Crippen LogP contribution is -3.10. The van der Waals surface area contributed by atoms with Crippen molar-refractivity contribution >= 4 is 22.9 Å². The summed E-state index contributed by atoms with van der Waals surface area (Å²) in [6, 6.07) is 10.5. The number of fused-ring (bicyclic) bond motifs is 1. The Labute approximate surface area is 111 Å². The molecule has 0 aliphatic carbocycles. The summed E-state index contributed by atoms with van der Waals surface area (Å²) < 4.78 is 0. The molecule has 0 radical (unpaired) electrons. The number of nitrogens with one attached hydrogen (secondary N) is 1. The van der Waals surface area contributed by atoms with Crippen LogP contribution in [0.15, 0.2) is 35.7 Å². The van der Waals surface area contributed by atoms with Crippen molar-refractivity contribution in [3.63, 3.8) is 0 Å². The largest absolute Gasteiger partial charge is 0.327 e. The van der Waals surface area contributed by atoms with E-state index in [-0.39, 0.29) is 0 Å².